The summed E-state index contributed by atoms with van der Waals surface area (Å²) in [6.07, 6.45) is 10.8. The Bertz CT molecular complexity index is 581. The lowest BCUT2D eigenvalue weighted by Gasteiger charge is -2.35. The van der Waals surface area contributed by atoms with Crippen LogP contribution in [-0.2, 0) is 10.2 Å². The van der Waals surface area contributed by atoms with E-state index in [1.165, 1.54) is 31.2 Å². The molecule has 1 aromatic carbocycles. The lowest BCUT2D eigenvalue weighted by atomic mass is 9.71. The fraction of sp³-hybridized carbons (Fsp3) is 0.760. The molecule has 2 N–H and O–H groups in total. The first-order valence-electron chi connectivity index (χ1n) is 11.4. The van der Waals surface area contributed by atoms with E-state index in [1.54, 1.807) is 7.11 Å². The molecule has 160 valence electrons. The number of ether oxygens (including phenoxy) is 1. The molecule has 0 aliphatic heterocycles. The van der Waals surface area contributed by atoms with Gasteiger partial charge in [0.1, 0.15) is 5.75 Å². The van der Waals surface area contributed by atoms with Gasteiger partial charge in [-0.15, -0.1) is 0 Å². The van der Waals surface area contributed by atoms with Crippen molar-refractivity contribution in [2.45, 2.75) is 102 Å². The van der Waals surface area contributed by atoms with E-state index in [0.717, 1.165) is 50.7 Å². The predicted molar refractivity (Wildman–Crippen MR) is 117 cm³/mol. The Kier molecular flexibility index (Phi) is 9.30. The molecule has 3 atom stereocenters. The topological polar surface area (TPSA) is 49.7 Å². The van der Waals surface area contributed by atoms with Gasteiger partial charge in [-0.25, -0.2) is 0 Å². The first kappa shape index (κ1) is 23.2. The minimum atomic E-state index is -0.252. The molecule has 1 saturated carbocycles. The van der Waals surface area contributed by atoms with Crippen LogP contribution in [0.15, 0.2) is 18.2 Å². The largest absolute Gasteiger partial charge is 0.508 e. The third-order valence-electron chi connectivity index (χ3n) is 6.76. The van der Waals surface area contributed by atoms with Crippen LogP contribution in [0, 0.1) is 5.92 Å². The number of benzene rings is 1. The number of aliphatic hydroxyl groups is 1. The number of aliphatic hydroxyl groups excluding tert-OH is 1. The van der Waals surface area contributed by atoms with Crippen molar-refractivity contribution in [2.75, 3.05) is 13.7 Å². The molecule has 2 rings (SSSR count). The van der Waals surface area contributed by atoms with Gasteiger partial charge in [0.15, 0.2) is 0 Å². The maximum atomic E-state index is 10.9. The summed E-state index contributed by atoms with van der Waals surface area (Å²) in [6, 6.07) is 6.33. The van der Waals surface area contributed by atoms with Crippen molar-refractivity contribution in [3.8, 4) is 5.75 Å². The van der Waals surface area contributed by atoms with Gasteiger partial charge in [-0.3, -0.25) is 0 Å². The molecule has 1 aliphatic carbocycles. The first-order valence-corrected chi connectivity index (χ1v) is 11.4. The number of methoxy groups -OCH3 is 1. The predicted octanol–water partition coefficient (Wildman–Crippen LogP) is 6.31. The van der Waals surface area contributed by atoms with Gasteiger partial charge in [-0.2, -0.15) is 0 Å². The molecule has 1 fully saturated rings. The van der Waals surface area contributed by atoms with Crippen molar-refractivity contribution in [3.63, 3.8) is 0 Å². The van der Waals surface area contributed by atoms with Gasteiger partial charge in [-0.1, -0.05) is 58.6 Å². The minimum absolute atomic E-state index is 0.0771. The third kappa shape index (κ3) is 6.49. The van der Waals surface area contributed by atoms with Gasteiger partial charge in [0.25, 0.3) is 0 Å². The van der Waals surface area contributed by atoms with Crippen LogP contribution in [0.4, 0.5) is 0 Å². The second-order valence-electron chi connectivity index (χ2n) is 9.44. The summed E-state index contributed by atoms with van der Waals surface area (Å²) in [7, 11) is 1.75. The molecule has 1 aromatic rings. The molecule has 0 amide bonds. The molecule has 0 aromatic heterocycles. The molecule has 28 heavy (non-hydrogen) atoms. The van der Waals surface area contributed by atoms with Crippen molar-refractivity contribution in [1.29, 1.82) is 0 Å². The van der Waals surface area contributed by atoms with Crippen LogP contribution >= 0.6 is 0 Å². The first-order chi connectivity index (χ1) is 13.4. The van der Waals surface area contributed by atoms with Crippen molar-refractivity contribution >= 4 is 0 Å². The van der Waals surface area contributed by atoms with E-state index >= 15 is 0 Å². The molecule has 0 heterocycles. The summed E-state index contributed by atoms with van der Waals surface area (Å²) < 4.78 is 5.22. The van der Waals surface area contributed by atoms with Crippen LogP contribution in [0.1, 0.15) is 102 Å². The normalized spacial score (nSPS) is 23.1. The average molecular weight is 391 g/mol. The van der Waals surface area contributed by atoms with E-state index in [4.69, 9.17) is 4.74 Å². The summed E-state index contributed by atoms with van der Waals surface area (Å²) in [5.41, 5.74) is 2.32. The second kappa shape index (κ2) is 11.2. The van der Waals surface area contributed by atoms with Gasteiger partial charge < -0.3 is 14.9 Å². The van der Waals surface area contributed by atoms with E-state index in [-0.39, 0.29) is 17.4 Å². The van der Waals surface area contributed by atoms with E-state index in [0.29, 0.717) is 11.7 Å². The SMILES string of the molecule is CCCCCCC(C)(C)c1ccc(C2CC(O)CCC2CCCOC)c(O)c1. The van der Waals surface area contributed by atoms with E-state index in [9.17, 15) is 10.2 Å². The van der Waals surface area contributed by atoms with Crippen LogP contribution in [-0.4, -0.2) is 30.0 Å². The fourth-order valence-corrected chi connectivity index (χ4v) is 4.84. The number of unbranched alkanes of at least 4 members (excludes halogenated alkanes) is 3. The van der Waals surface area contributed by atoms with Crippen molar-refractivity contribution in [2.24, 2.45) is 5.92 Å². The summed E-state index contributed by atoms with van der Waals surface area (Å²) in [5.74, 6) is 1.16. The molecule has 0 saturated heterocycles. The van der Waals surface area contributed by atoms with Gasteiger partial charge in [0.05, 0.1) is 6.10 Å². The van der Waals surface area contributed by atoms with Crippen LogP contribution in [0.25, 0.3) is 0 Å². The smallest absolute Gasteiger partial charge is 0.119 e. The van der Waals surface area contributed by atoms with E-state index in [2.05, 4.69) is 32.9 Å². The quantitative estimate of drug-likeness (QED) is 0.435. The van der Waals surface area contributed by atoms with Gasteiger partial charge in [-0.05, 0) is 73.0 Å². The fourth-order valence-electron chi connectivity index (χ4n) is 4.84. The van der Waals surface area contributed by atoms with Crippen LogP contribution < -0.4 is 0 Å². The number of aromatic hydroxyl groups is 1. The third-order valence-corrected chi connectivity index (χ3v) is 6.76. The molecular formula is C25H42O3. The molecular weight excluding hydrogens is 348 g/mol. The number of phenolic OH excluding ortho intramolecular Hbond substituents is 1. The van der Waals surface area contributed by atoms with Gasteiger partial charge >= 0.3 is 0 Å². The van der Waals surface area contributed by atoms with Crippen LogP contribution in [0.5, 0.6) is 5.75 Å². The van der Waals surface area contributed by atoms with Gasteiger partial charge in [0.2, 0.25) is 0 Å². The number of hydrogen-bond donors (Lipinski definition) is 2. The molecule has 3 heteroatoms. The average Bonchev–Trinajstić information content (AvgIpc) is 2.66. The minimum Gasteiger partial charge on any atom is -0.508 e. The molecule has 3 nitrogen and oxygen atoms in total. The van der Waals surface area contributed by atoms with Crippen LogP contribution in [0.2, 0.25) is 0 Å². The lowest BCUT2D eigenvalue weighted by molar-refractivity contribution is 0.0861. The van der Waals surface area contributed by atoms with Crippen molar-refractivity contribution in [1.82, 2.24) is 0 Å². The van der Waals surface area contributed by atoms with Crippen LogP contribution in [0.3, 0.4) is 0 Å². The highest BCUT2D eigenvalue weighted by atomic mass is 16.5. The Balaban J connectivity index is 2.11. The summed E-state index contributed by atoms with van der Waals surface area (Å²) in [5, 5.41) is 21.1. The molecule has 0 bridgehead atoms. The molecule has 0 radical (unpaired) electrons. The lowest BCUT2D eigenvalue weighted by Crippen LogP contribution is -2.27. The van der Waals surface area contributed by atoms with Crippen molar-refractivity contribution < 1.29 is 14.9 Å². The summed E-state index contributed by atoms with van der Waals surface area (Å²) in [4.78, 5) is 0. The van der Waals surface area contributed by atoms with Gasteiger partial charge in [0, 0.05) is 13.7 Å². The highest BCUT2D eigenvalue weighted by Crippen LogP contribution is 2.44. The maximum absolute atomic E-state index is 10.9. The highest BCUT2D eigenvalue weighted by molar-refractivity contribution is 5.42. The number of phenols is 1. The van der Waals surface area contributed by atoms with E-state index < -0.39 is 0 Å². The Morgan fingerprint density at radius 3 is 2.57 bits per heavy atom. The Morgan fingerprint density at radius 1 is 1.11 bits per heavy atom. The Labute approximate surface area is 172 Å². The Hall–Kier alpha value is -1.06. The molecule has 3 unspecified atom stereocenters. The monoisotopic (exact) mass is 390 g/mol. The highest BCUT2D eigenvalue weighted by Gasteiger charge is 2.32. The zero-order valence-corrected chi connectivity index (χ0v) is 18.5. The second-order valence-corrected chi connectivity index (χ2v) is 9.44. The number of rotatable bonds is 11. The van der Waals surface area contributed by atoms with Crippen molar-refractivity contribution in [3.05, 3.63) is 29.3 Å². The standard InChI is InChI=1S/C25H42O3/c1-5-6-7-8-15-25(2,3)20-12-14-22(24(27)17-20)23-18-21(26)13-11-19(23)10-9-16-28-4/h12,14,17,19,21,23,26-27H,5-11,13,15-16,18H2,1-4H3. The van der Waals surface area contributed by atoms with E-state index in [1.807, 2.05) is 6.07 Å². The molecule has 0 spiro atoms. The molecule has 1 aliphatic rings. The summed E-state index contributed by atoms with van der Waals surface area (Å²) >= 11 is 0. The number of hydrogen-bond acceptors (Lipinski definition) is 3. The zero-order chi connectivity index (χ0) is 20.6. The summed E-state index contributed by atoms with van der Waals surface area (Å²) in [6.45, 7) is 7.59. The maximum Gasteiger partial charge on any atom is 0.119 e. The Morgan fingerprint density at radius 2 is 1.89 bits per heavy atom. The zero-order valence-electron chi connectivity index (χ0n) is 18.5.